The van der Waals surface area contributed by atoms with Crippen LogP contribution in [0, 0.1) is 5.92 Å². The van der Waals surface area contributed by atoms with Gasteiger partial charge in [-0.05, 0) is 37.0 Å². The van der Waals surface area contributed by atoms with E-state index in [-0.39, 0.29) is 11.8 Å². The molecule has 1 aliphatic rings. The van der Waals surface area contributed by atoms with E-state index in [1.54, 1.807) is 25.2 Å². The summed E-state index contributed by atoms with van der Waals surface area (Å²) in [6, 6.07) is 6.26. The Morgan fingerprint density at radius 2 is 2.11 bits per heavy atom. The molecule has 2 unspecified atom stereocenters. The number of thioether (sulfide) groups is 1. The van der Waals surface area contributed by atoms with Gasteiger partial charge in [0.15, 0.2) is 0 Å². The van der Waals surface area contributed by atoms with Gasteiger partial charge < -0.3 is 10.1 Å². The predicted molar refractivity (Wildman–Crippen MR) is 70.4 cm³/mol. The maximum absolute atomic E-state index is 12.4. The Kier molecular flexibility index (Phi) is 4.62. The van der Waals surface area contributed by atoms with E-state index in [1.807, 2.05) is 11.8 Å². The normalized spacial score (nSPS) is 21.4. The third-order valence-electron chi connectivity index (χ3n) is 3.23. The molecule has 6 heteroatoms. The molecule has 1 fully saturated rings. The van der Waals surface area contributed by atoms with Gasteiger partial charge >= 0.3 is 6.36 Å². The lowest BCUT2D eigenvalue weighted by molar-refractivity contribution is -0.275. The van der Waals surface area contributed by atoms with Crippen LogP contribution < -0.4 is 10.1 Å². The Morgan fingerprint density at radius 3 is 2.68 bits per heavy atom. The molecule has 0 amide bonds. The highest BCUT2D eigenvalue weighted by Crippen LogP contribution is 2.38. The molecule has 1 N–H and O–H groups in total. The number of hydrogen-bond acceptors (Lipinski definition) is 3. The van der Waals surface area contributed by atoms with Crippen LogP contribution in [0.25, 0.3) is 0 Å². The maximum Gasteiger partial charge on any atom is 0.573 e. The molecule has 2 nitrogen and oxygen atoms in total. The van der Waals surface area contributed by atoms with E-state index in [0.29, 0.717) is 11.5 Å². The smallest absolute Gasteiger partial charge is 0.405 e. The Labute approximate surface area is 114 Å². The van der Waals surface area contributed by atoms with Crippen LogP contribution in [0.2, 0.25) is 0 Å². The Bertz CT molecular complexity index is 419. The zero-order valence-electron chi connectivity index (χ0n) is 10.5. The van der Waals surface area contributed by atoms with Gasteiger partial charge in [-0.15, -0.1) is 13.2 Å². The summed E-state index contributed by atoms with van der Waals surface area (Å²) in [7, 11) is 1.78. The lowest BCUT2D eigenvalue weighted by atomic mass is 9.92. The fourth-order valence-corrected chi connectivity index (χ4v) is 3.71. The van der Waals surface area contributed by atoms with Gasteiger partial charge in [-0.3, -0.25) is 0 Å². The molecule has 2 atom stereocenters. The van der Waals surface area contributed by atoms with Crippen molar-refractivity contribution in [3.05, 3.63) is 29.8 Å². The van der Waals surface area contributed by atoms with E-state index in [9.17, 15) is 13.2 Å². The summed E-state index contributed by atoms with van der Waals surface area (Å²) in [5.41, 5.74) is 0.579. The Morgan fingerprint density at radius 1 is 1.37 bits per heavy atom. The Hall–Kier alpha value is -0.880. The van der Waals surface area contributed by atoms with E-state index in [4.69, 9.17) is 0 Å². The van der Waals surface area contributed by atoms with Crippen LogP contribution in [-0.2, 0) is 0 Å². The quantitative estimate of drug-likeness (QED) is 0.916. The lowest BCUT2D eigenvalue weighted by Gasteiger charge is -2.25. The standard InChI is InChI=1S/C13H16F3NOS/c1-17-12(9-6-7-19-8-9)10-4-2-3-5-11(10)18-13(14,15)16/h2-5,9,12,17H,6-8H2,1H3. The van der Waals surface area contributed by atoms with Gasteiger partial charge in [0.2, 0.25) is 0 Å². The number of ether oxygens (including phenoxy) is 1. The van der Waals surface area contributed by atoms with Gasteiger partial charge in [-0.25, -0.2) is 0 Å². The highest BCUT2D eigenvalue weighted by atomic mass is 32.2. The van der Waals surface area contributed by atoms with Gasteiger partial charge in [0.1, 0.15) is 5.75 Å². The fraction of sp³-hybridized carbons (Fsp3) is 0.538. The third-order valence-corrected chi connectivity index (χ3v) is 4.42. The SMILES string of the molecule is CNC(c1ccccc1OC(F)(F)F)C1CCSC1. The second kappa shape index (κ2) is 6.05. The van der Waals surface area contributed by atoms with E-state index >= 15 is 0 Å². The minimum Gasteiger partial charge on any atom is -0.405 e. The maximum atomic E-state index is 12.4. The zero-order valence-corrected chi connectivity index (χ0v) is 11.4. The average Bonchev–Trinajstić information content (AvgIpc) is 2.84. The van der Waals surface area contributed by atoms with Crippen LogP contribution in [0.1, 0.15) is 18.0 Å². The summed E-state index contributed by atoms with van der Waals surface area (Å²) in [6.45, 7) is 0. The van der Waals surface area contributed by atoms with Gasteiger partial charge in [-0.1, -0.05) is 18.2 Å². The first kappa shape index (κ1) is 14.5. The van der Waals surface area contributed by atoms with E-state index in [0.717, 1.165) is 17.9 Å². The molecule has 19 heavy (non-hydrogen) atoms. The van der Waals surface area contributed by atoms with Gasteiger partial charge in [0.25, 0.3) is 0 Å². The highest BCUT2D eigenvalue weighted by Gasteiger charge is 2.34. The van der Waals surface area contributed by atoms with Crippen molar-refractivity contribution in [2.45, 2.75) is 18.8 Å². The van der Waals surface area contributed by atoms with Crippen molar-refractivity contribution >= 4 is 11.8 Å². The van der Waals surface area contributed by atoms with Gasteiger partial charge in [0, 0.05) is 11.6 Å². The zero-order chi connectivity index (χ0) is 13.9. The minimum absolute atomic E-state index is 0.103. The van der Waals surface area contributed by atoms with Crippen molar-refractivity contribution in [3.63, 3.8) is 0 Å². The molecular formula is C13H16F3NOS. The second-order valence-corrected chi connectivity index (χ2v) is 5.63. The van der Waals surface area contributed by atoms with Crippen LogP contribution in [0.4, 0.5) is 13.2 Å². The van der Waals surface area contributed by atoms with Gasteiger partial charge in [0.05, 0.1) is 0 Å². The predicted octanol–water partition coefficient (Wildman–Crippen LogP) is 3.60. The monoisotopic (exact) mass is 291 g/mol. The number of rotatable bonds is 4. The summed E-state index contributed by atoms with van der Waals surface area (Å²) in [5.74, 6) is 2.26. The number of benzene rings is 1. The highest BCUT2D eigenvalue weighted by molar-refractivity contribution is 7.99. The average molecular weight is 291 g/mol. The molecule has 0 spiro atoms. The summed E-state index contributed by atoms with van der Waals surface area (Å²) in [4.78, 5) is 0. The summed E-state index contributed by atoms with van der Waals surface area (Å²) < 4.78 is 41.4. The van der Waals surface area contributed by atoms with Crippen molar-refractivity contribution in [2.24, 2.45) is 5.92 Å². The summed E-state index contributed by atoms with van der Waals surface area (Å²) in [5, 5.41) is 3.13. The number of para-hydroxylation sites is 1. The molecule has 106 valence electrons. The van der Waals surface area contributed by atoms with Crippen molar-refractivity contribution in [1.29, 1.82) is 0 Å². The summed E-state index contributed by atoms with van der Waals surface area (Å²) in [6.07, 6.45) is -3.64. The first-order chi connectivity index (χ1) is 9.01. The van der Waals surface area contributed by atoms with Crippen LogP contribution in [0.3, 0.4) is 0 Å². The summed E-state index contributed by atoms with van der Waals surface area (Å²) >= 11 is 1.84. The second-order valence-electron chi connectivity index (χ2n) is 4.48. The molecule has 0 aliphatic carbocycles. The molecule has 1 aromatic carbocycles. The molecule has 1 aromatic rings. The number of halogens is 3. The van der Waals surface area contributed by atoms with E-state index in [1.165, 1.54) is 6.07 Å². The third kappa shape index (κ3) is 3.79. The number of alkyl halides is 3. The lowest BCUT2D eigenvalue weighted by Crippen LogP contribution is -2.27. The molecule has 2 rings (SSSR count). The van der Waals surface area contributed by atoms with Crippen molar-refractivity contribution in [3.8, 4) is 5.75 Å². The topological polar surface area (TPSA) is 21.3 Å². The van der Waals surface area contributed by atoms with Crippen LogP contribution >= 0.6 is 11.8 Å². The number of hydrogen-bond donors (Lipinski definition) is 1. The van der Waals surface area contributed by atoms with Crippen molar-refractivity contribution in [1.82, 2.24) is 5.32 Å². The van der Waals surface area contributed by atoms with Crippen molar-refractivity contribution in [2.75, 3.05) is 18.6 Å². The van der Waals surface area contributed by atoms with E-state index < -0.39 is 6.36 Å². The molecular weight excluding hydrogens is 275 g/mol. The van der Waals surface area contributed by atoms with Crippen LogP contribution in [-0.4, -0.2) is 24.9 Å². The molecule has 1 saturated heterocycles. The van der Waals surface area contributed by atoms with Crippen molar-refractivity contribution < 1.29 is 17.9 Å². The fourth-order valence-electron chi connectivity index (χ4n) is 2.42. The largest absolute Gasteiger partial charge is 0.573 e. The molecule has 0 aromatic heterocycles. The molecule has 0 radical (unpaired) electrons. The molecule has 0 saturated carbocycles. The number of nitrogens with one attached hydrogen (secondary N) is 1. The molecule has 1 aliphatic heterocycles. The van der Waals surface area contributed by atoms with Crippen LogP contribution in [0.5, 0.6) is 5.75 Å². The van der Waals surface area contributed by atoms with Gasteiger partial charge in [-0.2, -0.15) is 11.8 Å². The first-order valence-corrected chi connectivity index (χ1v) is 7.26. The van der Waals surface area contributed by atoms with Crippen LogP contribution in [0.15, 0.2) is 24.3 Å². The van der Waals surface area contributed by atoms with E-state index in [2.05, 4.69) is 10.1 Å². The molecule has 0 bridgehead atoms. The molecule has 1 heterocycles. The first-order valence-electron chi connectivity index (χ1n) is 6.11. The Balaban J connectivity index is 2.26. The minimum atomic E-state index is -4.65.